The van der Waals surface area contributed by atoms with E-state index in [1.807, 2.05) is 14.0 Å². The number of nitrogens with zero attached hydrogens (tertiary/aromatic N) is 4. The van der Waals surface area contributed by atoms with Crippen molar-refractivity contribution in [2.45, 2.75) is 58.5 Å². The molecule has 2 atom stereocenters. The summed E-state index contributed by atoms with van der Waals surface area (Å²) in [7, 11) is 2.01. The molecule has 1 aliphatic heterocycles. The number of nitrogens with one attached hydrogen (secondary N) is 1. The number of likely N-dealkylation sites (tertiary alicyclic amines) is 1. The van der Waals surface area contributed by atoms with Crippen LogP contribution in [-0.4, -0.2) is 44.7 Å². The normalized spacial score (nSPS) is 25.5. The molecule has 1 saturated carbocycles. The van der Waals surface area contributed by atoms with Gasteiger partial charge in [0.05, 0.1) is 6.54 Å². The Morgan fingerprint density at radius 2 is 2.09 bits per heavy atom. The molecule has 1 amide bonds. The molecule has 3 rings (SSSR count). The van der Waals surface area contributed by atoms with Gasteiger partial charge in [-0.05, 0) is 32.1 Å². The van der Waals surface area contributed by atoms with Crippen molar-refractivity contribution < 1.29 is 4.79 Å². The van der Waals surface area contributed by atoms with Crippen molar-refractivity contribution in [2.24, 2.45) is 18.9 Å². The van der Waals surface area contributed by atoms with Crippen molar-refractivity contribution in [3.8, 4) is 0 Å². The van der Waals surface area contributed by atoms with Crippen LogP contribution < -0.4 is 5.32 Å². The molecule has 0 unspecified atom stereocenters. The van der Waals surface area contributed by atoms with Gasteiger partial charge in [0.15, 0.2) is 0 Å². The highest BCUT2D eigenvalue weighted by atomic mass is 16.2. The van der Waals surface area contributed by atoms with E-state index in [1.54, 1.807) is 0 Å². The first-order valence-electron chi connectivity index (χ1n) is 8.96. The number of hydrogen-bond acceptors (Lipinski definition) is 4. The van der Waals surface area contributed by atoms with Gasteiger partial charge in [0.2, 0.25) is 5.91 Å². The van der Waals surface area contributed by atoms with Crippen LogP contribution >= 0.6 is 0 Å². The Hall–Kier alpha value is -1.43. The van der Waals surface area contributed by atoms with Gasteiger partial charge >= 0.3 is 0 Å². The lowest BCUT2D eigenvalue weighted by Gasteiger charge is -2.27. The first-order chi connectivity index (χ1) is 11.1. The van der Waals surface area contributed by atoms with Crippen molar-refractivity contribution in [2.75, 3.05) is 13.1 Å². The third-order valence-electron chi connectivity index (χ3n) is 5.53. The quantitative estimate of drug-likeness (QED) is 0.866. The highest BCUT2D eigenvalue weighted by molar-refractivity contribution is 5.79. The lowest BCUT2D eigenvalue weighted by molar-refractivity contribution is -0.128. The molecule has 2 fully saturated rings. The van der Waals surface area contributed by atoms with E-state index in [0.717, 1.165) is 50.5 Å². The summed E-state index contributed by atoms with van der Waals surface area (Å²) >= 11 is 0. The van der Waals surface area contributed by atoms with Gasteiger partial charge in [-0.3, -0.25) is 9.69 Å². The third-order valence-corrected chi connectivity index (χ3v) is 5.53. The fraction of sp³-hybridized carbons (Fsp3) is 0.824. The van der Waals surface area contributed by atoms with Crippen molar-refractivity contribution in [3.05, 3.63) is 11.6 Å². The maximum atomic E-state index is 12.3. The van der Waals surface area contributed by atoms with Crippen molar-refractivity contribution in [1.29, 1.82) is 0 Å². The van der Waals surface area contributed by atoms with E-state index in [1.165, 1.54) is 12.8 Å². The molecular weight excluding hydrogens is 290 g/mol. The minimum Gasteiger partial charge on any atom is -0.352 e. The molecule has 1 aliphatic carbocycles. The highest BCUT2D eigenvalue weighted by Crippen LogP contribution is 2.28. The Balaban J connectivity index is 1.60. The molecule has 6 nitrogen and oxygen atoms in total. The first kappa shape index (κ1) is 16.4. The van der Waals surface area contributed by atoms with E-state index >= 15 is 0 Å². The fourth-order valence-electron chi connectivity index (χ4n) is 3.68. The van der Waals surface area contributed by atoms with Crippen LogP contribution in [0.4, 0.5) is 0 Å². The van der Waals surface area contributed by atoms with Gasteiger partial charge in [-0.15, -0.1) is 10.2 Å². The maximum Gasteiger partial charge on any atom is 0.223 e. The molecular formula is C17H29N5O. The zero-order valence-electron chi connectivity index (χ0n) is 14.6. The Labute approximate surface area is 138 Å². The summed E-state index contributed by atoms with van der Waals surface area (Å²) < 4.78 is 2.05. The van der Waals surface area contributed by atoms with E-state index < -0.39 is 0 Å². The fourth-order valence-corrected chi connectivity index (χ4v) is 3.68. The van der Waals surface area contributed by atoms with Crippen molar-refractivity contribution in [1.82, 2.24) is 25.0 Å². The van der Waals surface area contributed by atoms with Crippen LogP contribution in [0, 0.1) is 18.8 Å². The van der Waals surface area contributed by atoms with Crippen molar-refractivity contribution in [3.63, 3.8) is 0 Å². The summed E-state index contributed by atoms with van der Waals surface area (Å²) in [5.41, 5.74) is 0. The lowest BCUT2D eigenvalue weighted by Crippen LogP contribution is -2.45. The third kappa shape index (κ3) is 3.57. The molecule has 23 heavy (non-hydrogen) atoms. The second-order valence-electron chi connectivity index (χ2n) is 7.21. The summed E-state index contributed by atoms with van der Waals surface area (Å²) in [6, 6.07) is 0.289. The first-order valence-corrected chi connectivity index (χ1v) is 8.96. The molecule has 2 aliphatic rings. The molecule has 1 aromatic heterocycles. The maximum absolute atomic E-state index is 12.3. The van der Waals surface area contributed by atoms with Crippen LogP contribution in [0.5, 0.6) is 0 Å². The van der Waals surface area contributed by atoms with Gasteiger partial charge in [-0.1, -0.05) is 19.8 Å². The number of carbonyl (C=O) groups is 1. The predicted octanol–water partition coefficient (Wildman–Crippen LogP) is 1.64. The van der Waals surface area contributed by atoms with Crippen LogP contribution in [0.1, 0.15) is 50.7 Å². The van der Waals surface area contributed by atoms with E-state index in [9.17, 15) is 4.79 Å². The molecule has 1 saturated heterocycles. The molecule has 2 heterocycles. The van der Waals surface area contributed by atoms with Crippen LogP contribution in [0.15, 0.2) is 0 Å². The molecule has 1 aromatic rings. The van der Waals surface area contributed by atoms with Crippen LogP contribution in [0.3, 0.4) is 0 Å². The minimum absolute atomic E-state index is 0.271. The number of aryl methyl sites for hydroxylation is 1. The van der Waals surface area contributed by atoms with E-state index in [0.29, 0.717) is 5.92 Å². The minimum atomic E-state index is 0.271. The zero-order valence-corrected chi connectivity index (χ0v) is 14.6. The van der Waals surface area contributed by atoms with Gasteiger partial charge in [0, 0.05) is 32.1 Å². The second kappa shape index (κ2) is 6.99. The Morgan fingerprint density at radius 1 is 1.30 bits per heavy atom. The zero-order chi connectivity index (χ0) is 16.4. The lowest BCUT2D eigenvalue weighted by atomic mass is 9.84. The molecule has 0 bridgehead atoms. The van der Waals surface area contributed by atoms with E-state index in [2.05, 4.69) is 31.9 Å². The molecule has 0 radical (unpaired) electrons. The molecule has 0 aromatic carbocycles. The second-order valence-corrected chi connectivity index (χ2v) is 7.21. The molecule has 128 valence electrons. The van der Waals surface area contributed by atoms with Crippen molar-refractivity contribution >= 4 is 5.91 Å². The van der Waals surface area contributed by atoms with Crippen LogP contribution in [0.25, 0.3) is 0 Å². The monoisotopic (exact) mass is 319 g/mol. The number of amides is 1. The largest absolute Gasteiger partial charge is 0.352 e. The highest BCUT2D eigenvalue weighted by Gasteiger charge is 2.35. The SMILES string of the molecule is CCC[C@@H]1CN(Cc2nnc(C)n2C)C[C@H]1NC(=O)C1CCC1. The summed E-state index contributed by atoms with van der Waals surface area (Å²) in [4.78, 5) is 14.7. The molecule has 0 spiro atoms. The molecule has 1 N–H and O–H groups in total. The Kier molecular flexibility index (Phi) is 4.99. The van der Waals surface area contributed by atoms with Gasteiger partial charge < -0.3 is 9.88 Å². The molecule has 6 heteroatoms. The number of carbonyl (C=O) groups excluding carboxylic acids is 1. The Morgan fingerprint density at radius 3 is 2.65 bits per heavy atom. The summed E-state index contributed by atoms with van der Waals surface area (Å²) in [5.74, 6) is 3.05. The number of aromatic nitrogens is 3. The number of hydrogen-bond donors (Lipinski definition) is 1. The Bertz CT molecular complexity index is 551. The smallest absolute Gasteiger partial charge is 0.223 e. The van der Waals surface area contributed by atoms with Gasteiger partial charge in [-0.25, -0.2) is 0 Å². The van der Waals surface area contributed by atoms with Gasteiger partial charge in [0.25, 0.3) is 0 Å². The van der Waals surface area contributed by atoms with Gasteiger partial charge in [-0.2, -0.15) is 0 Å². The standard InChI is InChI=1S/C17H29N5O/c1-4-6-14-9-22(11-16-20-19-12(2)21(16)3)10-15(14)18-17(23)13-7-5-8-13/h13-15H,4-11H2,1-3H3,(H,18,23)/t14-,15-/m1/s1. The average molecular weight is 319 g/mol. The van der Waals surface area contributed by atoms with E-state index in [4.69, 9.17) is 0 Å². The van der Waals surface area contributed by atoms with Crippen LogP contribution in [-0.2, 0) is 18.4 Å². The average Bonchev–Trinajstić information content (AvgIpc) is 2.96. The van der Waals surface area contributed by atoms with E-state index in [-0.39, 0.29) is 17.9 Å². The summed E-state index contributed by atoms with van der Waals surface area (Å²) in [5, 5.41) is 11.7. The summed E-state index contributed by atoms with van der Waals surface area (Å²) in [6.45, 7) is 6.97. The van der Waals surface area contributed by atoms with Crippen LogP contribution in [0.2, 0.25) is 0 Å². The van der Waals surface area contributed by atoms with Gasteiger partial charge in [0.1, 0.15) is 11.6 Å². The number of rotatable bonds is 6. The summed E-state index contributed by atoms with van der Waals surface area (Å²) in [6.07, 6.45) is 5.68. The predicted molar refractivity (Wildman–Crippen MR) is 88.7 cm³/mol. The topological polar surface area (TPSA) is 63.1 Å².